The van der Waals surface area contributed by atoms with Crippen LogP contribution in [0.1, 0.15) is 52.9 Å². The van der Waals surface area contributed by atoms with Crippen LogP contribution in [0.15, 0.2) is 23.3 Å². The van der Waals surface area contributed by atoms with E-state index in [9.17, 15) is 0 Å². The zero-order valence-electron chi connectivity index (χ0n) is 12.7. The molecular formula is C19H28. The van der Waals surface area contributed by atoms with Crippen LogP contribution in [0.25, 0.3) is 0 Å². The molecule has 4 bridgehead atoms. The smallest absolute Gasteiger partial charge is 0.0158 e. The Labute approximate surface area is 118 Å². The second-order valence-electron chi connectivity index (χ2n) is 7.81. The zero-order valence-corrected chi connectivity index (χ0v) is 12.7. The predicted octanol–water partition coefficient (Wildman–Crippen LogP) is 5.22. The van der Waals surface area contributed by atoms with Crippen LogP contribution < -0.4 is 0 Å². The Morgan fingerprint density at radius 1 is 1.11 bits per heavy atom. The molecule has 0 aromatic heterocycles. The average molecular weight is 256 g/mol. The van der Waals surface area contributed by atoms with Crippen LogP contribution in [-0.4, -0.2) is 0 Å². The molecule has 7 unspecified atom stereocenters. The van der Waals surface area contributed by atoms with Gasteiger partial charge in [0.15, 0.2) is 0 Å². The summed E-state index contributed by atoms with van der Waals surface area (Å²) in [6.07, 6.45) is 12.5. The van der Waals surface area contributed by atoms with Crippen molar-refractivity contribution in [1.29, 1.82) is 0 Å². The van der Waals surface area contributed by atoms with Crippen LogP contribution in [0, 0.1) is 41.4 Å². The van der Waals surface area contributed by atoms with E-state index in [4.69, 9.17) is 0 Å². The fourth-order valence-corrected chi connectivity index (χ4v) is 6.48. The van der Waals surface area contributed by atoms with Crippen molar-refractivity contribution in [2.24, 2.45) is 41.4 Å². The lowest BCUT2D eigenvalue weighted by molar-refractivity contribution is 0.186. The minimum atomic E-state index is 0.950. The molecule has 4 rings (SSSR count). The first-order valence-corrected chi connectivity index (χ1v) is 8.58. The number of rotatable bonds is 3. The van der Waals surface area contributed by atoms with Crippen LogP contribution in [0.4, 0.5) is 0 Å². The third-order valence-corrected chi connectivity index (χ3v) is 6.83. The summed E-state index contributed by atoms with van der Waals surface area (Å²) in [5, 5.41) is 0. The lowest BCUT2D eigenvalue weighted by atomic mass is 9.65. The van der Waals surface area contributed by atoms with E-state index in [1.807, 2.05) is 5.57 Å². The first-order chi connectivity index (χ1) is 9.22. The van der Waals surface area contributed by atoms with E-state index < -0.39 is 0 Å². The van der Waals surface area contributed by atoms with Crippen LogP contribution >= 0.6 is 0 Å². The molecule has 0 aromatic rings. The van der Waals surface area contributed by atoms with Gasteiger partial charge in [0.05, 0.1) is 0 Å². The summed E-state index contributed by atoms with van der Waals surface area (Å²) in [5.41, 5.74) is 3.58. The fraction of sp³-hybridized carbons (Fsp3) is 0.789. The van der Waals surface area contributed by atoms with Crippen molar-refractivity contribution < 1.29 is 0 Å². The van der Waals surface area contributed by atoms with Crippen molar-refractivity contribution in [3.8, 4) is 0 Å². The largest absolute Gasteiger partial charge is 0.0848 e. The van der Waals surface area contributed by atoms with Gasteiger partial charge in [-0.25, -0.2) is 0 Å². The molecule has 4 aliphatic carbocycles. The molecule has 0 N–H and O–H groups in total. The third-order valence-electron chi connectivity index (χ3n) is 6.83. The number of hydrogen-bond donors (Lipinski definition) is 0. The third kappa shape index (κ3) is 1.52. The topological polar surface area (TPSA) is 0 Å². The molecular weight excluding hydrogens is 228 g/mol. The molecule has 0 heterocycles. The monoisotopic (exact) mass is 256 g/mol. The molecule has 19 heavy (non-hydrogen) atoms. The molecule has 104 valence electrons. The van der Waals surface area contributed by atoms with Gasteiger partial charge in [-0.1, -0.05) is 43.1 Å². The number of unbranched alkanes of at least 4 members (excludes halogenated alkanes) is 1. The van der Waals surface area contributed by atoms with E-state index in [2.05, 4.69) is 32.9 Å². The predicted molar refractivity (Wildman–Crippen MR) is 80.7 cm³/mol. The quantitative estimate of drug-likeness (QED) is 0.480. The highest BCUT2D eigenvalue weighted by Crippen LogP contribution is 2.69. The summed E-state index contributed by atoms with van der Waals surface area (Å²) in [7, 11) is 0. The summed E-state index contributed by atoms with van der Waals surface area (Å²) in [6.45, 7) is 7.11. The van der Waals surface area contributed by atoms with Gasteiger partial charge in [0, 0.05) is 0 Å². The van der Waals surface area contributed by atoms with E-state index >= 15 is 0 Å². The van der Waals surface area contributed by atoms with Crippen molar-refractivity contribution in [1.82, 2.24) is 0 Å². The van der Waals surface area contributed by atoms with Gasteiger partial charge in [-0.15, -0.1) is 0 Å². The highest BCUT2D eigenvalue weighted by Gasteiger charge is 2.62. The van der Waals surface area contributed by atoms with Gasteiger partial charge in [0.1, 0.15) is 0 Å². The summed E-state index contributed by atoms with van der Waals surface area (Å²) in [6, 6.07) is 0. The van der Waals surface area contributed by atoms with Crippen LogP contribution in [0.2, 0.25) is 0 Å². The summed E-state index contributed by atoms with van der Waals surface area (Å²) >= 11 is 0. The Morgan fingerprint density at radius 2 is 1.84 bits per heavy atom. The average Bonchev–Trinajstić information content (AvgIpc) is 3.11. The van der Waals surface area contributed by atoms with Crippen molar-refractivity contribution >= 4 is 0 Å². The molecule has 0 spiro atoms. The van der Waals surface area contributed by atoms with Gasteiger partial charge in [0.2, 0.25) is 0 Å². The van der Waals surface area contributed by atoms with Crippen LogP contribution in [0.3, 0.4) is 0 Å². The van der Waals surface area contributed by atoms with Gasteiger partial charge in [-0.2, -0.15) is 0 Å². The molecule has 0 saturated heterocycles. The molecule has 4 aliphatic rings. The zero-order chi connectivity index (χ0) is 13.1. The molecule has 0 aromatic carbocycles. The summed E-state index contributed by atoms with van der Waals surface area (Å²) < 4.78 is 0. The second-order valence-corrected chi connectivity index (χ2v) is 7.81. The van der Waals surface area contributed by atoms with Crippen molar-refractivity contribution in [2.75, 3.05) is 0 Å². The van der Waals surface area contributed by atoms with Gasteiger partial charge in [-0.3, -0.25) is 0 Å². The fourth-order valence-electron chi connectivity index (χ4n) is 6.48. The normalized spacial score (nSPS) is 49.2. The van der Waals surface area contributed by atoms with E-state index in [1.165, 1.54) is 25.7 Å². The molecule has 0 heteroatoms. The van der Waals surface area contributed by atoms with Gasteiger partial charge < -0.3 is 0 Å². The van der Waals surface area contributed by atoms with Crippen LogP contribution in [0.5, 0.6) is 0 Å². The highest BCUT2D eigenvalue weighted by atomic mass is 14.7. The first kappa shape index (κ1) is 12.2. The van der Waals surface area contributed by atoms with E-state index in [1.54, 1.807) is 12.0 Å². The Balaban J connectivity index is 1.68. The number of fused-ring (bicyclic) bond motifs is 9. The maximum atomic E-state index is 2.58. The maximum Gasteiger partial charge on any atom is -0.0158 e. The summed E-state index contributed by atoms with van der Waals surface area (Å²) in [5.74, 6) is 7.02. The Kier molecular flexibility index (Phi) is 2.73. The molecule has 3 saturated carbocycles. The molecule has 0 radical (unpaired) electrons. The van der Waals surface area contributed by atoms with Crippen LogP contribution in [-0.2, 0) is 0 Å². The maximum absolute atomic E-state index is 2.58. The minimum Gasteiger partial charge on any atom is -0.0848 e. The molecule has 0 amide bonds. The highest BCUT2D eigenvalue weighted by molar-refractivity contribution is 5.33. The number of allylic oxidation sites excluding steroid dienone is 4. The van der Waals surface area contributed by atoms with E-state index in [0.717, 1.165) is 41.4 Å². The first-order valence-electron chi connectivity index (χ1n) is 8.58. The molecule has 3 fully saturated rings. The number of hydrogen-bond acceptors (Lipinski definition) is 0. The minimum absolute atomic E-state index is 0.950. The van der Waals surface area contributed by atoms with Crippen molar-refractivity contribution in [3.05, 3.63) is 23.3 Å². The Hall–Kier alpha value is -0.520. The SMILES string of the molecule is CCCCC1C(=C(C)C)C2CC1C1C3C=CC(C3)C21. The van der Waals surface area contributed by atoms with Gasteiger partial charge >= 0.3 is 0 Å². The molecule has 0 nitrogen and oxygen atoms in total. The Bertz CT molecular complexity index is 437. The lowest BCUT2D eigenvalue weighted by Crippen LogP contribution is -2.33. The van der Waals surface area contributed by atoms with E-state index in [-0.39, 0.29) is 0 Å². The standard InChI is InChI=1S/C19H28/c1-4-5-6-14-15-10-16(17(14)11(2)3)19-13-8-7-12(9-13)18(15)19/h7-8,12-16,18-19H,4-6,9-10H2,1-3H3. The summed E-state index contributed by atoms with van der Waals surface area (Å²) in [4.78, 5) is 0. The van der Waals surface area contributed by atoms with Gasteiger partial charge in [-0.05, 0) is 74.5 Å². The van der Waals surface area contributed by atoms with E-state index in [0.29, 0.717) is 0 Å². The second kappa shape index (κ2) is 4.24. The molecule has 7 atom stereocenters. The van der Waals surface area contributed by atoms with Crippen molar-refractivity contribution in [2.45, 2.75) is 52.9 Å². The lowest BCUT2D eigenvalue weighted by Gasteiger charge is -2.39. The Morgan fingerprint density at radius 3 is 2.53 bits per heavy atom. The van der Waals surface area contributed by atoms with Gasteiger partial charge in [0.25, 0.3) is 0 Å². The molecule has 0 aliphatic heterocycles. The van der Waals surface area contributed by atoms with Crippen molar-refractivity contribution in [3.63, 3.8) is 0 Å².